The van der Waals surface area contributed by atoms with Crippen LogP contribution < -0.4 is 5.32 Å². The van der Waals surface area contributed by atoms with Crippen LogP contribution in [0.1, 0.15) is 38.2 Å². The van der Waals surface area contributed by atoms with Crippen LogP contribution in [0.25, 0.3) is 0 Å². The lowest BCUT2D eigenvalue weighted by Gasteiger charge is -2.35. The lowest BCUT2D eigenvalue weighted by molar-refractivity contribution is 0.147. The van der Waals surface area contributed by atoms with Crippen molar-refractivity contribution in [3.63, 3.8) is 0 Å². The van der Waals surface area contributed by atoms with Crippen LogP contribution in [-0.4, -0.2) is 32.1 Å². The molecular weight excluding hydrogens is 224 g/mol. The van der Waals surface area contributed by atoms with Crippen LogP contribution in [0.2, 0.25) is 0 Å². The number of nitrogens with zero attached hydrogens (tertiary/aromatic N) is 1. The summed E-state index contributed by atoms with van der Waals surface area (Å²) in [7, 11) is 4.21. The molecule has 0 aliphatic rings. The third kappa shape index (κ3) is 4.14. The van der Waals surface area contributed by atoms with E-state index in [1.54, 1.807) is 0 Å². The fourth-order valence-corrected chi connectivity index (χ4v) is 2.62. The molecule has 1 aromatic heterocycles. The normalized spacial score (nSPS) is 12.3. The van der Waals surface area contributed by atoms with E-state index >= 15 is 0 Å². The average molecular weight is 252 g/mol. The molecule has 1 rings (SSSR count). The minimum atomic E-state index is 0.366. The summed E-state index contributed by atoms with van der Waals surface area (Å²) in [5.41, 5.74) is 0.366. The molecule has 1 N–H and O–H groups in total. The number of furan rings is 1. The molecule has 0 saturated heterocycles. The summed E-state index contributed by atoms with van der Waals surface area (Å²) in [6, 6.07) is 4.10. The van der Waals surface area contributed by atoms with Crippen LogP contribution in [0.4, 0.5) is 0 Å². The van der Waals surface area contributed by atoms with Gasteiger partial charge in [0.25, 0.3) is 0 Å². The average Bonchev–Trinajstić information content (AvgIpc) is 2.74. The van der Waals surface area contributed by atoms with E-state index in [4.69, 9.17) is 4.42 Å². The lowest BCUT2D eigenvalue weighted by atomic mass is 9.81. The highest BCUT2D eigenvalue weighted by Gasteiger charge is 2.27. The Morgan fingerprint density at radius 1 is 1.28 bits per heavy atom. The van der Waals surface area contributed by atoms with Crippen LogP contribution in [0, 0.1) is 12.3 Å². The van der Waals surface area contributed by atoms with Crippen molar-refractivity contribution in [3.8, 4) is 0 Å². The van der Waals surface area contributed by atoms with Gasteiger partial charge in [-0.25, -0.2) is 0 Å². The Kier molecular flexibility index (Phi) is 5.89. The van der Waals surface area contributed by atoms with E-state index in [1.807, 2.05) is 20.0 Å². The van der Waals surface area contributed by atoms with E-state index in [9.17, 15) is 0 Å². The van der Waals surface area contributed by atoms with Gasteiger partial charge in [0.15, 0.2) is 0 Å². The van der Waals surface area contributed by atoms with Crippen LogP contribution in [0.15, 0.2) is 16.5 Å². The maximum atomic E-state index is 5.64. The Morgan fingerprint density at radius 3 is 2.39 bits per heavy atom. The van der Waals surface area contributed by atoms with Crippen LogP contribution >= 0.6 is 0 Å². The topological polar surface area (TPSA) is 28.4 Å². The zero-order valence-electron chi connectivity index (χ0n) is 12.5. The van der Waals surface area contributed by atoms with Gasteiger partial charge in [0.2, 0.25) is 0 Å². The first-order valence-corrected chi connectivity index (χ1v) is 6.93. The van der Waals surface area contributed by atoms with Crippen LogP contribution in [-0.2, 0) is 6.54 Å². The van der Waals surface area contributed by atoms with E-state index in [1.165, 1.54) is 12.8 Å². The molecule has 0 radical (unpaired) electrons. The minimum absolute atomic E-state index is 0.366. The summed E-state index contributed by atoms with van der Waals surface area (Å²) < 4.78 is 5.64. The molecule has 0 atom stereocenters. The Labute approximate surface area is 112 Å². The van der Waals surface area contributed by atoms with Gasteiger partial charge in [-0.1, -0.05) is 13.8 Å². The zero-order valence-corrected chi connectivity index (χ0v) is 12.5. The zero-order chi connectivity index (χ0) is 13.6. The molecule has 3 nitrogen and oxygen atoms in total. The molecule has 0 saturated carbocycles. The molecule has 0 bridgehead atoms. The molecule has 0 fully saturated rings. The van der Waals surface area contributed by atoms with Crippen molar-refractivity contribution in [2.24, 2.45) is 5.41 Å². The van der Waals surface area contributed by atoms with Crippen molar-refractivity contribution in [1.29, 1.82) is 0 Å². The fourth-order valence-electron chi connectivity index (χ4n) is 2.62. The van der Waals surface area contributed by atoms with E-state index in [2.05, 4.69) is 37.2 Å². The largest absolute Gasteiger partial charge is 0.465 e. The summed E-state index contributed by atoms with van der Waals surface area (Å²) >= 11 is 0. The van der Waals surface area contributed by atoms with Crippen molar-refractivity contribution in [2.75, 3.05) is 27.2 Å². The molecule has 0 spiro atoms. The molecule has 1 heterocycles. The van der Waals surface area contributed by atoms with Crippen molar-refractivity contribution in [1.82, 2.24) is 10.2 Å². The van der Waals surface area contributed by atoms with E-state index in [-0.39, 0.29) is 0 Å². The van der Waals surface area contributed by atoms with Crippen molar-refractivity contribution < 1.29 is 4.42 Å². The second-order valence-corrected chi connectivity index (χ2v) is 5.42. The van der Waals surface area contributed by atoms with Gasteiger partial charge in [-0.15, -0.1) is 0 Å². The number of nitrogens with one attached hydrogen (secondary N) is 1. The van der Waals surface area contributed by atoms with Crippen molar-refractivity contribution in [2.45, 2.75) is 40.2 Å². The Hall–Kier alpha value is -0.800. The Bertz CT molecular complexity index is 342. The first-order chi connectivity index (χ1) is 8.55. The standard InChI is InChI=1S/C15H28N2O/c1-6-15(7-2,11-16-4)12-17(5)10-14-9-8-13(3)18-14/h8-9,16H,6-7,10-12H2,1-5H3. The second-order valence-electron chi connectivity index (χ2n) is 5.42. The fraction of sp³-hybridized carbons (Fsp3) is 0.733. The SMILES string of the molecule is CCC(CC)(CNC)CN(C)Cc1ccc(C)o1. The van der Waals surface area contributed by atoms with Gasteiger partial charge in [0, 0.05) is 13.1 Å². The maximum absolute atomic E-state index is 5.64. The Morgan fingerprint density at radius 2 is 1.94 bits per heavy atom. The third-order valence-corrected chi connectivity index (χ3v) is 3.88. The highest BCUT2D eigenvalue weighted by molar-refractivity contribution is 5.05. The first kappa shape index (κ1) is 15.3. The molecule has 0 aliphatic carbocycles. The third-order valence-electron chi connectivity index (χ3n) is 3.88. The highest BCUT2D eigenvalue weighted by atomic mass is 16.3. The van der Waals surface area contributed by atoms with Crippen molar-refractivity contribution in [3.05, 3.63) is 23.7 Å². The summed E-state index contributed by atoms with van der Waals surface area (Å²) in [5, 5.41) is 3.33. The van der Waals surface area contributed by atoms with E-state index < -0.39 is 0 Å². The molecule has 0 unspecified atom stereocenters. The molecular formula is C15H28N2O. The summed E-state index contributed by atoms with van der Waals surface area (Å²) in [5.74, 6) is 2.05. The van der Waals surface area contributed by atoms with Gasteiger partial charge in [-0.05, 0) is 51.4 Å². The first-order valence-electron chi connectivity index (χ1n) is 6.93. The highest BCUT2D eigenvalue weighted by Crippen LogP contribution is 2.27. The molecule has 0 aliphatic heterocycles. The summed E-state index contributed by atoms with van der Waals surface area (Å²) in [4.78, 5) is 2.36. The van der Waals surface area contributed by atoms with Gasteiger partial charge in [0.1, 0.15) is 11.5 Å². The van der Waals surface area contributed by atoms with Gasteiger partial charge < -0.3 is 9.73 Å². The molecule has 0 amide bonds. The molecule has 18 heavy (non-hydrogen) atoms. The number of aryl methyl sites for hydroxylation is 1. The van der Waals surface area contributed by atoms with Gasteiger partial charge in [-0.3, -0.25) is 4.90 Å². The number of rotatable bonds is 8. The molecule has 0 aromatic carbocycles. The Balaban J connectivity index is 2.58. The molecule has 3 heteroatoms. The summed E-state index contributed by atoms with van der Waals surface area (Å²) in [6.07, 6.45) is 2.40. The summed E-state index contributed by atoms with van der Waals surface area (Å²) in [6.45, 7) is 9.62. The lowest BCUT2D eigenvalue weighted by Crippen LogP contribution is -2.41. The monoisotopic (exact) mass is 252 g/mol. The maximum Gasteiger partial charge on any atom is 0.118 e. The predicted octanol–water partition coefficient (Wildman–Crippen LogP) is 3.05. The quantitative estimate of drug-likeness (QED) is 0.771. The van der Waals surface area contributed by atoms with Crippen LogP contribution in [0.3, 0.4) is 0 Å². The minimum Gasteiger partial charge on any atom is -0.465 e. The van der Waals surface area contributed by atoms with Gasteiger partial charge in [-0.2, -0.15) is 0 Å². The predicted molar refractivity (Wildman–Crippen MR) is 76.7 cm³/mol. The van der Waals surface area contributed by atoms with E-state index in [0.29, 0.717) is 5.41 Å². The van der Waals surface area contributed by atoms with Crippen LogP contribution in [0.5, 0.6) is 0 Å². The van der Waals surface area contributed by atoms with Crippen molar-refractivity contribution >= 4 is 0 Å². The second kappa shape index (κ2) is 6.95. The smallest absolute Gasteiger partial charge is 0.118 e. The molecule has 104 valence electrons. The molecule has 1 aromatic rings. The number of hydrogen-bond acceptors (Lipinski definition) is 3. The van der Waals surface area contributed by atoms with E-state index in [0.717, 1.165) is 31.2 Å². The number of hydrogen-bond donors (Lipinski definition) is 1. The van der Waals surface area contributed by atoms with Gasteiger partial charge in [0.05, 0.1) is 6.54 Å². The van der Waals surface area contributed by atoms with Gasteiger partial charge >= 0.3 is 0 Å².